The highest BCUT2D eigenvalue weighted by atomic mass is 15.3. The third-order valence-electron chi connectivity index (χ3n) is 4.24. The average Bonchev–Trinajstić information content (AvgIpc) is 3.21. The van der Waals surface area contributed by atoms with E-state index in [1.165, 1.54) is 11.1 Å². The Morgan fingerprint density at radius 2 is 1.81 bits per heavy atom. The summed E-state index contributed by atoms with van der Waals surface area (Å²) in [6, 6.07) is 20.8. The minimum atomic E-state index is 0.832. The molecule has 0 radical (unpaired) electrons. The molecule has 3 rings (SSSR count). The quantitative estimate of drug-likeness (QED) is 0.550. The topological polar surface area (TPSA) is 45.5 Å². The number of hydrogen-bond acceptors (Lipinski definition) is 2. The van der Waals surface area contributed by atoms with Crippen molar-refractivity contribution < 1.29 is 0 Å². The lowest BCUT2D eigenvalue weighted by Gasteiger charge is -2.22. The number of nitrogens with zero attached hydrogens (tertiary/aromatic N) is 4. The van der Waals surface area contributed by atoms with Crippen LogP contribution in [0.15, 0.2) is 78.0 Å². The van der Waals surface area contributed by atoms with Crippen molar-refractivity contribution in [2.45, 2.75) is 13.0 Å². The average molecular weight is 347 g/mol. The van der Waals surface area contributed by atoms with E-state index in [9.17, 15) is 0 Å². The van der Waals surface area contributed by atoms with Crippen molar-refractivity contribution in [3.05, 3.63) is 84.2 Å². The molecule has 0 aliphatic rings. The van der Waals surface area contributed by atoms with E-state index in [1.54, 1.807) is 6.20 Å². The van der Waals surface area contributed by atoms with Crippen molar-refractivity contribution in [3.63, 3.8) is 0 Å². The minimum Gasteiger partial charge on any atom is -0.356 e. The first kappa shape index (κ1) is 17.7. The van der Waals surface area contributed by atoms with Crippen molar-refractivity contribution in [1.82, 2.24) is 20.0 Å². The Morgan fingerprint density at radius 3 is 2.46 bits per heavy atom. The molecule has 0 saturated heterocycles. The van der Waals surface area contributed by atoms with Gasteiger partial charge in [-0.3, -0.25) is 4.99 Å². The fourth-order valence-electron chi connectivity index (χ4n) is 2.87. The van der Waals surface area contributed by atoms with Gasteiger partial charge in [0, 0.05) is 39.6 Å². The van der Waals surface area contributed by atoms with E-state index in [2.05, 4.69) is 75.9 Å². The lowest BCUT2D eigenvalue weighted by Crippen LogP contribution is -2.39. The fourth-order valence-corrected chi connectivity index (χ4v) is 2.87. The van der Waals surface area contributed by atoms with Crippen LogP contribution in [-0.4, -0.2) is 41.3 Å². The van der Waals surface area contributed by atoms with Crippen LogP contribution in [0.25, 0.3) is 5.69 Å². The molecule has 0 bridgehead atoms. The second-order valence-corrected chi connectivity index (χ2v) is 6.18. The summed E-state index contributed by atoms with van der Waals surface area (Å²) in [5.74, 6) is 0.905. The number of benzene rings is 2. The van der Waals surface area contributed by atoms with Gasteiger partial charge >= 0.3 is 0 Å². The molecule has 0 aliphatic heterocycles. The second kappa shape index (κ2) is 8.85. The zero-order valence-corrected chi connectivity index (χ0v) is 15.3. The summed E-state index contributed by atoms with van der Waals surface area (Å²) in [6.07, 6.45) is 4.68. The number of aromatic nitrogens is 2. The summed E-state index contributed by atoms with van der Waals surface area (Å²) in [6.45, 7) is 1.67. The molecule has 5 nitrogen and oxygen atoms in total. The number of aliphatic imine (C=N–C) groups is 1. The first-order valence-electron chi connectivity index (χ1n) is 8.81. The summed E-state index contributed by atoms with van der Waals surface area (Å²) < 4.78 is 1.86. The molecule has 2 aromatic carbocycles. The van der Waals surface area contributed by atoms with Crippen LogP contribution >= 0.6 is 0 Å². The number of hydrogen-bond donors (Lipinski definition) is 1. The largest absolute Gasteiger partial charge is 0.356 e. The van der Waals surface area contributed by atoms with Crippen LogP contribution in [0.4, 0.5) is 0 Å². The lowest BCUT2D eigenvalue weighted by molar-refractivity contribution is 0.477. The molecule has 0 atom stereocenters. The van der Waals surface area contributed by atoms with E-state index in [0.717, 1.165) is 31.2 Å². The van der Waals surface area contributed by atoms with Crippen molar-refractivity contribution in [2.24, 2.45) is 4.99 Å². The van der Waals surface area contributed by atoms with Crippen LogP contribution in [0.3, 0.4) is 0 Å². The Morgan fingerprint density at radius 1 is 1.04 bits per heavy atom. The van der Waals surface area contributed by atoms with E-state index >= 15 is 0 Å². The monoisotopic (exact) mass is 347 g/mol. The van der Waals surface area contributed by atoms with Gasteiger partial charge in [-0.1, -0.05) is 42.5 Å². The SMILES string of the molecule is CN=C(NCCc1ccc(-n2cccn2)cc1)N(C)Cc1ccccc1. The molecule has 0 fully saturated rings. The zero-order valence-electron chi connectivity index (χ0n) is 15.3. The molecule has 134 valence electrons. The normalized spacial score (nSPS) is 11.4. The van der Waals surface area contributed by atoms with Gasteiger partial charge in [0.15, 0.2) is 5.96 Å². The molecule has 5 heteroatoms. The third kappa shape index (κ3) is 4.72. The lowest BCUT2D eigenvalue weighted by atomic mass is 10.1. The van der Waals surface area contributed by atoms with E-state index in [0.29, 0.717) is 0 Å². The van der Waals surface area contributed by atoms with E-state index in [4.69, 9.17) is 0 Å². The van der Waals surface area contributed by atoms with Gasteiger partial charge in [-0.25, -0.2) is 4.68 Å². The Balaban J connectivity index is 1.49. The predicted octanol–water partition coefficient (Wildman–Crippen LogP) is 3.12. The van der Waals surface area contributed by atoms with Crippen LogP contribution in [0.1, 0.15) is 11.1 Å². The molecule has 1 heterocycles. The second-order valence-electron chi connectivity index (χ2n) is 6.18. The highest BCUT2D eigenvalue weighted by molar-refractivity contribution is 5.79. The Bertz CT molecular complexity index is 807. The van der Waals surface area contributed by atoms with Gasteiger partial charge in [0.25, 0.3) is 0 Å². The Labute approximate surface area is 155 Å². The van der Waals surface area contributed by atoms with Crippen LogP contribution < -0.4 is 5.32 Å². The molecule has 3 aromatic rings. The minimum absolute atomic E-state index is 0.832. The maximum Gasteiger partial charge on any atom is 0.193 e. The maximum absolute atomic E-state index is 4.38. The van der Waals surface area contributed by atoms with Crippen molar-refractivity contribution in [3.8, 4) is 5.69 Å². The highest BCUT2D eigenvalue weighted by Crippen LogP contribution is 2.09. The summed E-state index contributed by atoms with van der Waals surface area (Å²) >= 11 is 0. The molecular formula is C21H25N5. The summed E-state index contributed by atoms with van der Waals surface area (Å²) in [5.41, 5.74) is 3.63. The third-order valence-corrected chi connectivity index (χ3v) is 4.24. The van der Waals surface area contributed by atoms with E-state index < -0.39 is 0 Å². The molecule has 0 spiro atoms. The fraction of sp³-hybridized carbons (Fsp3) is 0.238. The molecule has 0 saturated carbocycles. The first-order chi connectivity index (χ1) is 12.8. The molecule has 0 unspecified atom stereocenters. The smallest absolute Gasteiger partial charge is 0.193 e. The number of rotatable bonds is 6. The van der Waals surface area contributed by atoms with Gasteiger partial charge in [-0.15, -0.1) is 0 Å². The molecule has 26 heavy (non-hydrogen) atoms. The molecule has 1 N–H and O–H groups in total. The standard InChI is InChI=1S/C21H25N5/c1-22-21(25(2)17-19-7-4-3-5-8-19)23-15-13-18-9-11-20(12-10-18)26-16-6-14-24-26/h3-12,14,16H,13,15,17H2,1-2H3,(H,22,23). The molecule has 0 amide bonds. The van der Waals surface area contributed by atoms with Crippen LogP contribution in [0.2, 0.25) is 0 Å². The first-order valence-corrected chi connectivity index (χ1v) is 8.81. The summed E-state index contributed by atoms with van der Waals surface area (Å²) in [4.78, 5) is 6.52. The summed E-state index contributed by atoms with van der Waals surface area (Å²) in [5, 5.41) is 7.69. The molecular weight excluding hydrogens is 322 g/mol. The van der Waals surface area contributed by atoms with Gasteiger partial charge in [-0.2, -0.15) is 5.10 Å². The predicted molar refractivity (Wildman–Crippen MR) is 107 cm³/mol. The van der Waals surface area contributed by atoms with Gasteiger partial charge < -0.3 is 10.2 Å². The Kier molecular flexibility index (Phi) is 6.04. The van der Waals surface area contributed by atoms with E-state index in [1.807, 2.05) is 30.1 Å². The van der Waals surface area contributed by atoms with Crippen LogP contribution in [0, 0.1) is 0 Å². The van der Waals surface area contributed by atoms with E-state index in [-0.39, 0.29) is 0 Å². The van der Waals surface area contributed by atoms with Crippen LogP contribution in [0.5, 0.6) is 0 Å². The number of nitrogens with one attached hydrogen (secondary N) is 1. The number of guanidine groups is 1. The van der Waals surface area contributed by atoms with Crippen molar-refractivity contribution in [1.29, 1.82) is 0 Å². The van der Waals surface area contributed by atoms with Crippen LogP contribution in [-0.2, 0) is 13.0 Å². The van der Waals surface area contributed by atoms with Crippen molar-refractivity contribution in [2.75, 3.05) is 20.6 Å². The summed E-state index contributed by atoms with van der Waals surface area (Å²) in [7, 11) is 3.88. The van der Waals surface area contributed by atoms with Gasteiger partial charge in [0.2, 0.25) is 0 Å². The molecule has 1 aromatic heterocycles. The van der Waals surface area contributed by atoms with Gasteiger partial charge in [-0.05, 0) is 35.7 Å². The Hall–Kier alpha value is -3.08. The highest BCUT2D eigenvalue weighted by Gasteiger charge is 2.06. The van der Waals surface area contributed by atoms with Crippen molar-refractivity contribution >= 4 is 5.96 Å². The maximum atomic E-state index is 4.38. The molecule has 0 aliphatic carbocycles. The van der Waals surface area contributed by atoms with Gasteiger partial charge in [0.05, 0.1) is 5.69 Å². The zero-order chi connectivity index (χ0) is 18.2. The van der Waals surface area contributed by atoms with Gasteiger partial charge in [0.1, 0.15) is 0 Å².